The molecule has 3 rings (SSSR count). The molecule has 0 bridgehead atoms. The number of hydrogen-bond acceptors (Lipinski definition) is 5. The summed E-state index contributed by atoms with van der Waals surface area (Å²) in [5.74, 6) is 0.767. The zero-order chi connectivity index (χ0) is 22.8. The third kappa shape index (κ3) is 8.86. The molecule has 2 aromatic rings. The average molecular weight is 570 g/mol. The topological polar surface area (TPSA) is 90.9 Å². The Morgan fingerprint density at radius 2 is 1.91 bits per heavy atom. The standard InChI is InChI=1S/C23H31FN6O2.HI/c1-17-3-8-21(27-15-17)29-22(31)9-10-26-23(25-2)28-16-20(30-11-13-32-14-12-30)18-4-6-19(24)7-5-18;/h3-8,15,20H,9-14,16H2,1-2H3,(H2,25,26,28)(H,27,29,31);1H. The van der Waals surface area contributed by atoms with Gasteiger partial charge >= 0.3 is 0 Å². The Morgan fingerprint density at radius 3 is 2.55 bits per heavy atom. The fourth-order valence-electron chi connectivity index (χ4n) is 3.49. The van der Waals surface area contributed by atoms with Crippen LogP contribution in [0.1, 0.15) is 23.6 Å². The third-order valence-electron chi connectivity index (χ3n) is 5.25. The van der Waals surface area contributed by atoms with Crippen molar-refractivity contribution in [2.45, 2.75) is 19.4 Å². The fourth-order valence-corrected chi connectivity index (χ4v) is 3.49. The first-order chi connectivity index (χ1) is 15.5. The van der Waals surface area contributed by atoms with Gasteiger partial charge in [0.1, 0.15) is 11.6 Å². The Hall–Kier alpha value is -2.31. The Labute approximate surface area is 211 Å². The van der Waals surface area contributed by atoms with Gasteiger partial charge in [-0.15, -0.1) is 24.0 Å². The van der Waals surface area contributed by atoms with E-state index in [0.29, 0.717) is 38.1 Å². The van der Waals surface area contributed by atoms with Crippen molar-refractivity contribution in [2.75, 3.05) is 51.8 Å². The summed E-state index contributed by atoms with van der Waals surface area (Å²) in [5.41, 5.74) is 2.07. The second-order valence-electron chi connectivity index (χ2n) is 7.61. The summed E-state index contributed by atoms with van der Waals surface area (Å²) in [6.45, 7) is 5.93. The molecule has 1 fully saturated rings. The van der Waals surface area contributed by atoms with Crippen LogP contribution >= 0.6 is 24.0 Å². The Balaban J connectivity index is 0.00000385. The number of carbonyl (C=O) groups excluding carboxylic acids is 1. The van der Waals surface area contributed by atoms with Crippen molar-refractivity contribution >= 4 is 41.7 Å². The number of hydrogen-bond donors (Lipinski definition) is 3. The number of aryl methyl sites for hydroxylation is 1. The molecule has 1 saturated heterocycles. The molecule has 1 aromatic carbocycles. The van der Waals surface area contributed by atoms with Gasteiger partial charge in [0.05, 0.1) is 19.3 Å². The van der Waals surface area contributed by atoms with Gasteiger partial charge < -0.3 is 20.7 Å². The van der Waals surface area contributed by atoms with E-state index < -0.39 is 0 Å². The summed E-state index contributed by atoms with van der Waals surface area (Å²) in [5, 5.41) is 9.28. The summed E-state index contributed by atoms with van der Waals surface area (Å²) in [6.07, 6.45) is 1.99. The summed E-state index contributed by atoms with van der Waals surface area (Å²) in [4.78, 5) is 22.9. The van der Waals surface area contributed by atoms with E-state index in [-0.39, 0.29) is 48.2 Å². The molecule has 1 atom stereocenters. The highest BCUT2D eigenvalue weighted by molar-refractivity contribution is 14.0. The zero-order valence-electron chi connectivity index (χ0n) is 19.0. The number of rotatable bonds is 8. The van der Waals surface area contributed by atoms with Gasteiger partial charge in [-0.2, -0.15) is 0 Å². The van der Waals surface area contributed by atoms with Crippen molar-refractivity contribution in [3.8, 4) is 0 Å². The highest BCUT2D eigenvalue weighted by atomic mass is 127. The molecule has 0 aliphatic carbocycles. The number of ether oxygens (including phenoxy) is 1. The van der Waals surface area contributed by atoms with Crippen LogP contribution in [0.2, 0.25) is 0 Å². The van der Waals surface area contributed by atoms with Crippen molar-refractivity contribution in [1.29, 1.82) is 0 Å². The second-order valence-corrected chi connectivity index (χ2v) is 7.61. The number of anilines is 1. The molecule has 0 saturated carbocycles. The molecule has 8 nitrogen and oxygen atoms in total. The van der Waals surface area contributed by atoms with Crippen molar-refractivity contribution < 1.29 is 13.9 Å². The maximum atomic E-state index is 13.4. The molecular formula is C23H32FIN6O2. The first-order valence-corrected chi connectivity index (χ1v) is 10.8. The zero-order valence-corrected chi connectivity index (χ0v) is 21.3. The van der Waals surface area contributed by atoms with Gasteiger partial charge in [0.25, 0.3) is 0 Å². The number of guanidine groups is 1. The second kappa shape index (κ2) is 14.1. The first kappa shape index (κ1) is 26.9. The molecule has 1 aromatic heterocycles. The van der Waals surface area contributed by atoms with E-state index in [2.05, 4.69) is 30.8 Å². The third-order valence-corrected chi connectivity index (χ3v) is 5.25. The maximum absolute atomic E-state index is 13.4. The van der Waals surface area contributed by atoms with E-state index in [4.69, 9.17) is 4.74 Å². The lowest BCUT2D eigenvalue weighted by Crippen LogP contribution is -2.46. The number of aromatic nitrogens is 1. The van der Waals surface area contributed by atoms with E-state index in [0.717, 1.165) is 24.2 Å². The van der Waals surface area contributed by atoms with Crippen LogP contribution < -0.4 is 16.0 Å². The molecule has 1 aliphatic heterocycles. The van der Waals surface area contributed by atoms with Gasteiger partial charge in [0, 0.05) is 45.8 Å². The Morgan fingerprint density at radius 1 is 1.18 bits per heavy atom. The average Bonchev–Trinajstić information content (AvgIpc) is 2.81. The highest BCUT2D eigenvalue weighted by Crippen LogP contribution is 2.21. The SMILES string of the molecule is CN=C(NCCC(=O)Nc1ccc(C)cn1)NCC(c1ccc(F)cc1)N1CCOCC1.I. The number of nitrogens with zero attached hydrogens (tertiary/aromatic N) is 3. The molecule has 3 N–H and O–H groups in total. The first-order valence-electron chi connectivity index (χ1n) is 10.8. The summed E-state index contributed by atoms with van der Waals surface area (Å²) in [7, 11) is 1.69. The van der Waals surface area contributed by atoms with Gasteiger partial charge in [0.15, 0.2) is 5.96 Å². The maximum Gasteiger partial charge on any atom is 0.227 e. The van der Waals surface area contributed by atoms with Crippen molar-refractivity contribution in [1.82, 2.24) is 20.5 Å². The van der Waals surface area contributed by atoms with Crippen LogP contribution in [0.3, 0.4) is 0 Å². The molecular weight excluding hydrogens is 538 g/mol. The number of nitrogens with one attached hydrogen (secondary N) is 3. The summed E-state index contributed by atoms with van der Waals surface area (Å²) in [6, 6.07) is 10.3. The van der Waals surface area contributed by atoms with Crippen LogP contribution in [-0.2, 0) is 9.53 Å². The van der Waals surface area contributed by atoms with Crippen LogP contribution in [0, 0.1) is 12.7 Å². The van der Waals surface area contributed by atoms with Crippen LogP contribution in [0.15, 0.2) is 47.6 Å². The van der Waals surface area contributed by atoms with Crippen molar-refractivity contribution in [3.63, 3.8) is 0 Å². The number of amides is 1. The van der Waals surface area contributed by atoms with E-state index in [9.17, 15) is 9.18 Å². The molecule has 10 heteroatoms. The normalized spacial score (nSPS) is 15.3. The lowest BCUT2D eigenvalue weighted by Gasteiger charge is -2.35. The van der Waals surface area contributed by atoms with Gasteiger partial charge in [-0.1, -0.05) is 18.2 Å². The number of pyridine rings is 1. The summed E-state index contributed by atoms with van der Waals surface area (Å²) < 4.78 is 18.9. The molecule has 0 radical (unpaired) electrons. The Bertz CT molecular complexity index is 889. The molecule has 1 unspecified atom stereocenters. The van der Waals surface area contributed by atoms with Crippen molar-refractivity contribution in [2.24, 2.45) is 4.99 Å². The molecule has 33 heavy (non-hydrogen) atoms. The minimum Gasteiger partial charge on any atom is -0.379 e. The number of carbonyl (C=O) groups is 1. The number of halogens is 2. The predicted molar refractivity (Wildman–Crippen MR) is 139 cm³/mol. The molecule has 180 valence electrons. The smallest absolute Gasteiger partial charge is 0.227 e. The summed E-state index contributed by atoms with van der Waals surface area (Å²) >= 11 is 0. The quantitative estimate of drug-likeness (QED) is 0.257. The van der Waals surface area contributed by atoms with Crippen LogP contribution in [0.4, 0.5) is 10.2 Å². The lowest BCUT2D eigenvalue weighted by atomic mass is 10.0. The fraction of sp³-hybridized carbons (Fsp3) is 0.435. The van der Waals surface area contributed by atoms with Gasteiger partial charge in [-0.25, -0.2) is 9.37 Å². The van der Waals surface area contributed by atoms with Gasteiger partial charge in [-0.05, 0) is 36.2 Å². The molecule has 0 spiro atoms. The van der Waals surface area contributed by atoms with Crippen LogP contribution in [-0.4, -0.2) is 68.2 Å². The van der Waals surface area contributed by atoms with E-state index in [1.54, 1.807) is 19.3 Å². The number of benzene rings is 1. The highest BCUT2D eigenvalue weighted by Gasteiger charge is 2.23. The monoisotopic (exact) mass is 570 g/mol. The predicted octanol–water partition coefficient (Wildman–Crippen LogP) is 2.71. The molecule has 1 amide bonds. The van der Waals surface area contributed by atoms with E-state index in [1.807, 2.05) is 25.1 Å². The van der Waals surface area contributed by atoms with Crippen molar-refractivity contribution in [3.05, 3.63) is 59.5 Å². The van der Waals surface area contributed by atoms with E-state index in [1.165, 1.54) is 12.1 Å². The number of morpholine rings is 1. The lowest BCUT2D eigenvalue weighted by molar-refractivity contribution is -0.116. The van der Waals surface area contributed by atoms with Gasteiger partial charge in [-0.3, -0.25) is 14.7 Å². The van der Waals surface area contributed by atoms with Gasteiger partial charge in [0.2, 0.25) is 5.91 Å². The molecule has 2 heterocycles. The minimum absolute atomic E-state index is 0. The van der Waals surface area contributed by atoms with Crippen LogP contribution in [0.5, 0.6) is 0 Å². The Kier molecular flexibility index (Phi) is 11.5. The number of aliphatic imine (C=N–C) groups is 1. The van der Waals surface area contributed by atoms with Crippen LogP contribution in [0.25, 0.3) is 0 Å². The van der Waals surface area contributed by atoms with E-state index >= 15 is 0 Å². The minimum atomic E-state index is -0.251. The largest absolute Gasteiger partial charge is 0.379 e. The molecule has 1 aliphatic rings.